The third kappa shape index (κ3) is 4.59. The third-order valence-electron chi connectivity index (χ3n) is 5.23. The fourth-order valence-electron chi connectivity index (χ4n) is 3.82. The molecule has 1 saturated heterocycles. The molecule has 3 unspecified atom stereocenters. The highest BCUT2D eigenvalue weighted by Crippen LogP contribution is 2.33. The Morgan fingerprint density at radius 1 is 1.16 bits per heavy atom. The van der Waals surface area contributed by atoms with Crippen LogP contribution >= 0.6 is 0 Å². The maximum atomic E-state index is 12.3. The molecule has 0 aromatic heterocycles. The van der Waals surface area contributed by atoms with Gasteiger partial charge in [-0.2, -0.15) is 0 Å². The monoisotopic (exact) mass is 365 g/mol. The summed E-state index contributed by atoms with van der Waals surface area (Å²) in [5, 5.41) is 6.27. The van der Waals surface area contributed by atoms with E-state index < -0.39 is 10.0 Å². The number of benzene rings is 1. The standard InChI is InChI=1S/C18H27N3O3S/c1-13-6-8-15(9-7-13)25(23,24)20-11-10-19-18(22)17-12-14-4-2-3-5-16(14)21-17/h6-9,14,16-17,20-21H,2-5,10-12H2,1H3,(H,19,22). The smallest absolute Gasteiger partial charge is 0.240 e. The molecule has 0 spiro atoms. The SMILES string of the molecule is Cc1ccc(S(=O)(=O)NCCNC(=O)C2CC3CCCCC3N2)cc1. The van der Waals surface area contributed by atoms with Gasteiger partial charge in [-0.05, 0) is 44.2 Å². The number of aryl methyl sites for hydroxylation is 1. The molecule has 1 amide bonds. The minimum Gasteiger partial charge on any atom is -0.353 e. The van der Waals surface area contributed by atoms with Crippen LogP contribution in [-0.2, 0) is 14.8 Å². The van der Waals surface area contributed by atoms with E-state index in [4.69, 9.17) is 0 Å². The van der Waals surface area contributed by atoms with E-state index in [0.717, 1.165) is 18.4 Å². The summed E-state index contributed by atoms with van der Waals surface area (Å²) in [7, 11) is -3.53. The highest BCUT2D eigenvalue weighted by Gasteiger charge is 2.37. The number of hydrogen-bond donors (Lipinski definition) is 3. The van der Waals surface area contributed by atoms with Gasteiger partial charge in [-0.15, -0.1) is 0 Å². The molecule has 3 N–H and O–H groups in total. The molecule has 3 rings (SSSR count). The molecule has 6 nitrogen and oxygen atoms in total. The van der Waals surface area contributed by atoms with Crippen molar-refractivity contribution in [2.75, 3.05) is 13.1 Å². The van der Waals surface area contributed by atoms with Crippen molar-refractivity contribution < 1.29 is 13.2 Å². The summed E-state index contributed by atoms with van der Waals surface area (Å²) in [4.78, 5) is 12.5. The average molecular weight is 365 g/mol. The van der Waals surface area contributed by atoms with E-state index in [1.54, 1.807) is 24.3 Å². The number of carbonyl (C=O) groups excluding carboxylic acids is 1. The number of amides is 1. The van der Waals surface area contributed by atoms with Gasteiger partial charge in [0, 0.05) is 19.1 Å². The molecule has 0 bridgehead atoms. The zero-order valence-corrected chi connectivity index (χ0v) is 15.4. The van der Waals surface area contributed by atoms with E-state index in [1.165, 1.54) is 19.3 Å². The lowest BCUT2D eigenvalue weighted by atomic mass is 9.85. The van der Waals surface area contributed by atoms with Crippen molar-refractivity contribution in [1.82, 2.24) is 15.4 Å². The van der Waals surface area contributed by atoms with Gasteiger partial charge in [0.15, 0.2) is 0 Å². The first-order chi connectivity index (χ1) is 12.0. The van der Waals surface area contributed by atoms with Crippen molar-refractivity contribution in [2.24, 2.45) is 5.92 Å². The van der Waals surface area contributed by atoms with Crippen LogP contribution in [0.25, 0.3) is 0 Å². The molecule has 1 aromatic carbocycles. The van der Waals surface area contributed by atoms with Crippen molar-refractivity contribution in [1.29, 1.82) is 0 Å². The molecule has 1 aliphatic heterocycles. The van der Waals surface area contributed by atoms with Crippen molar-refractivity contribution in [3.63, 3.8) is 0 Å². The maximum absolute atomic E-state index is 12.3. The van der Waals surface area contributed by atoms with Gasteiger partial charge in [0.25, 0.3) is 0 Å². The average Bonchev–Trinajstić information content (AvgIpc) is 3.03. The predicted molar refractivity (Wildman–Crippen MR) is 96.7 cm³/mol. The lowest BCUT2D eigenvalue weighted by Gasteiger charge is -2.24. The third-order valence-corrected chi connectivity index (χ3v) is 6.70. The molecule has 2 aliphatic rings. The van der Waals surface area contributed by atoms with E-state index in [2.05, 4.69) is 15.4 Å². The quantitative estimate of drug-likeness (QED) is 0.664. The molecule has 2 fully saturated rings. The number of hydrogen-bond acceptors (Lipinski definition) is 4. The Kier molecular flexibility index (Phi) is 5.76. The topological polar surface area (TPSA) is 87.3 Å². The second-order valence-corrected chi connectivity index (χ2v) is 8.87. The molecule has 25 heavy (non-hydrogen) atoms. The number of rotatable bonds is 6. The summed E-state index contributed by atoms with van der Waals surface area (Å²) in [6.07, 6.45) is 5.76. The van der Waals surface area contributed by atoms with Gasteiger partial charge in [0.2, 0.25) is 15.9 Å². The Morgan fingerprint density at radius 2 is 1.88 bits per heavy atom. The first-order valence-corrected chi connectivity index (χ1v) is 10.5. The minimum absolute atomic E-state index is 0.0241. The van der Waals surface area contributed by atoms with Crippen molar-refractivity contribution in [2.45, 2.75) is 56.0 Å². The summed E-state index contributed by atoms with van der Waals surface area (Å²) in [6.45, 7) is 2.38. The Bertz CT molecular complexity index is 689. The predicted octanol–water partition coefficient (Wildman–Crippen LogP) is 1.31. The number of carbonyl (C=O) groups is 1. The number of fused-ring (bicyclic) bond motifs is 1. The maximum Gasteiger partial charge on any atom is 0.240 e. The fraction of sp³-hybridized carbons (Fsp3) is 0.611. The summed E-state index contributed by atoms with van der Waals surface area (Å²) in [5.41, 5.74) is 1.01. The highest BCUT2D eigenvalue weighted by molar-refractivity contribution is 7.89. The second-order valence-electron chi connectivity index (χ2n) is 7.11. The van der Waals surface area contributed by atoms with Crippen LogP contribution < -0.4 is 15.4 Å². The van der Waals surface area contributed by atoms with Gasteiger partial charge < -0.3 is 10.6 Å². The second kappa shape index (κ2) is 7.85. The van der Waals surface area contributed by atoms with Crippen molar-refractivity contribution in [3.8, 4) is 0 Å². The van der Waals surface area contributed by atoms with Gasteiger partial charge in [0.05, 0.1) is 10.9 Å². The number of sulfonamides is 1. The van der Waals surface area contributed by atoms with Gasteiger partial charge in [-0.3, -0.25) is 4.79 Å². The molecule has 1 saturated carbocycles. The van der Waals surface area contributed by atoms with Crippen LogP contribution in [-0.4, -0.2) is 39.5 Å². The Morgan fingerprint density at radius 3 is 2.60 bits per heavy atom. The summed E-state index contributed by atoms with van der Waals surface area (Å²) in [6, 6.07) is 7.04. The molecule has 3 atom stereocenters. The van der Waals surface area contributed by atoms with Crippen molar-refractivity contribution in [3.05, 3.63) is 29.8 Å². The van der Waals surface area contributed by atoms with E-state index in [-0.39, 0.29) is 29.9 Å². The minimum atomic E-state index is -3.53. The summed E-state index contributed by atoms with van der Waals surface area (Å²) >= 11 is 0. The van der Waals surface area contributed by atoms with E-state index in [1.807, 2.05) is 6.92 Å². The van der Waals surface area contributed by atoms with E-state index in [0.29, 0.717) is 12.0 Å². The van der Waals surface area contributed by atoms with Gasteiger partial charge in [0.1, 0.15) is 0 Å². The zero-order chi connectivity index (χ0) is 17.9. The lowest BCUT2D eigenvalue weighted by molar-refractivity contribution is -0.122. The van der Waals surface area contributed by atoms with Crippen molar-refractivity contribution >= 4 is 15.9 Å². The fourth-order valence-corrected chi connectivity index (χ4v) is 4.85. The molecular weight excluding hydrogens is 338 g/mol. The largest absolute Gasteiger partial charge is 0.353 e. The Labute approximate surface area is 149 Å². The van der Waals surface area contributed by atoms with Crippen LogP contribution in [0.2, 0.25) is 0 Å². The molecule has 1 heterocycles. The Hall–Kier alpha value is -1.44. The van der Waals surface area contributed by atoms with Gasteiger partial charge in [-0.1, -0.05) is 30.5 Å². The van der Waals surface area contributed by atoms with Gasteiger partial charge >= 0.3 is 0 Å². The van der Waals surface area contributed by atoms with Gasteiger partial charge in [-0.25, -0.2) is 13.1 Å². The first kappa shape index (κ1) is 18.4. The Balaban J connectivity index is 1.42. The molecule has 7 heteroatoms. The molecule has 1 aliphatic carbocycles. The van der Waals surface area contributed by atoms with Crippen LogP contribution in [0.4, 0.5) is 0 Å². The zero-order valence-electron chi connectivity index (χ0n) is 14.6. The van der Waals surface area contributed by atoms with Crippen LogP contribution in [0.3, 0.4) is 0 Å². The van der Waals surface area contributed by atoms with Crippen LogP contribution in [0.15, 0.2) is 29.2 Å². The van der Waals surface area contributed by atoms with Crippen LogP contribution in [0, 0.1) is 12.8 Å². The first-order valence-electron chi connectivity index (χ1n) is 9.06. The van der Waals surface area contributed by atoms with Crippen LogP contribution in [0.5, 0.6) is 0 Å². The van der Waals surface area contributed by atoms with E-state index >= 15 is 0 Å². The molecule has 1 aromatic rings. The lowest BCUT2D eigenvalue weighted by Crippen LogP contribution is -2.45. The number of nitrogens with one attached hydrogen (secondary N) is 3. The highest BCUT2D eigenvalue weighted by atomic mass is 32.2. The molecule has 138 valence electrons. The van der Waals surface area contributed by atoms with Crippen LogP contribution in [0.1, 0.15) is 37.7 Å². The van der Waals surface area contributed by atoms with E-state index in [9.17, 15) is 13.2 Å². The summed E-state index contributed by atoms with van der Waals surface area (Å²) in [5.74, 6) is 0.591. The molecule has 0 radical (unpaired) electrons. The summed E-state index contributed by atoms with van der Waals surface area (Å²) < 4.78 is 26.9. The normalized spacial score (nSPS) is 26.2. The molecular formula is C18H27N3O3S.